The van der Waals surface area contributed by atoms with Crippen molar-refractivity contribution in [2.75, 3.05) is 34.4 Å². The van der Waals surface area contributed by atoms with Crippen molar-refractivity contribution < 1.29 is 14.6 Å². The molecule has 0 aliphatic carbocycles. The summed E-state index contributed by atoms with van der Waals surface area (Å²) in [5.41, 5.74) is 1.73. The Kier molecular flexibility index (Phi) is 8.42. The molecule has 0 amide bonds. The quantitative estimate of drug-likeness (QED) is 0.520. The lowest BCUT2D eigenvalue weighted by Gasteiger charge is -2.23. The number of nitrogens with one attached hydrogen (secondary N) is 1. The van der Waals surface area contributed by atoms with Gasteiger partial charge in [0.15, 0.2) is 17.5 Å². The van der Waals surface area contributed by atoms with E-state index in [1.165, 1.54) is 0 Å². The van der Waals surface area contributed by atoms with Crippen LogP contribution < -0.4 is 14.8 Å². The number of aliphatic imine (C=N–C) groups is 1. The normalized spacial score (nSPS) is 12.4. The molecule has 7 heteroatoms. The van der Waals surface area contributed by atoms with E-state index < -0.39 is 6.10 Å². The summed E-state index contributed by atoms with van der Waals surface area (Å²) in [5, 5.41) is 14.5. The van der Waals surface area contributed by atoms with Gasteiger partial charge in [-0.2, -0.15) is 0 Å². The SMILES string of the molecule is CCNC(=NCC(O)c1ccc(OC)c(OC)c1)N(C)Cc1ccccc1Cl. The lowest BCUT2D eigenvalue weighted by atomic mass is 10.1. The highest BCUT2D eigenvalue weighted by atomic mass is 35.5. The van der Waals surface area contributed by atoms with E-state index in [1.54, 1.807) is 26.4 Å². The Labute approximate surface area is 171 Å². The van der Waals surface area contributed by atoms with Gasteiger partial charge in [-0.05, 0) is 36.2 Å². The number of rotatable bonds is 8. The summed E-state index contributed by atoms with van der Waals surface area (Å²) in [4.78, 5) is 6.56. The van der Waals surface area contributed by atoms with Crippen LogP contribution in [0.25, 0.3) is 0 Å². The summed E-state index contributed by atoms with van der Waals surface area (Å²) >= 11 is 6.26. The smallest absolute Gasteiger partial charge is 0.194 e. The molecule has 2 rings (SSSR count). The molecular weight excluding hydrogens is 378 g/mol. The summed E-state index contributed by atoms with van der Waals surface area (Å²) in [6.45, 7) is 3.55. The van der Waals surface area contributed by atoms with Crippen LogP contribution in [-0.4, -0.2) is 50.3 Å². The molecule has 28 heavy (non-hydrogen) atoms. The molecule has 0 aliphatic heterocycles. The maximum Gasteiger partial charge on any atom is 0.194 e. The van der Waals surface area contributed by atoms with Crippen molar-refractivity contribution in [3.05, 3.63) is 58.6 Å². The molecule has 1 atom stereocenters. The highest BCUT2D eigenvalue weighted by Gasteiger charge is 2.13. The van der Waals surface area contributed by atoms with E-state index in [-0.39, 0.29) is 6.54 Å². The zero-order chi connectivity index (χ0) is 20.5. The van der Waals surface area contributed by atoms with Crippen LogP contribution in [-0.2, 0) is 6.54 Å². The van der Waals surface area contributed by atoms with E-state index in [0.29, 0.717) is 29.6 Å². The van der Waals surface area contributed by atoms with Crippen molar-refractivity contribution in [3.8, 4) is 11.5 Å². The molecule has 2 N–H and O–H groups in total. The lowest BCUT2D eigenvalue weighted by molar-refractivity contribution is 0.186. The summed E-state index contributed by atoms with van der Waals surface area (Å²) in [6.07, 6.45) is -0.762. The van der Waals surface area contributed by atoms with E-state index in [1.807, 2.05) is 49.2 Å². The Morgan fingerprint density at radius 3 is 2.54 bits per heavy atom. The van der Waals surface area contributed by atoms with Gasteiger partial charge in [0.1, 0.15) is 0 Å². The molecule has 0 bridgehead atoms. The second-order valence-electron chi connectivity index (χ2n) is 6.27. The second kappa shape index (κ2) is 10.8. The van der Waals surface area contributed by atoms with Gasteiger partial charge < -0.3 is 24.8 Å². The van der Waals surface area contributed by atoms with Crippen LogP contribution >= 0.6 is 11.6 Å². The number of hydrogen-bond donors (Lipinski definition) is 2. The molecule has 0 saturated heterocycles. The largest absolute Gasteiger partial charge is 0.493 e. The number of guanidine groups is 1. The fourth-order valence-corrected chi connectivity index (χ4v) is 2.96. The first kappa shape index (κ1) is 21.9. The van der Waals surface area contributed by atoms with Gasteiger partial charge in [0.2, 0.25) is 0 Å². The Morgan fingerprint density at radius 2 is 1.89 bits per heavy atom. The molecule has 0 aliphatic rings. The first-order chi connectivity index (χ1) is 13.5. The minimum absolute atomic E-state index is 0.213. The number of nitrogens with zero attached hydrogens (tertiary/aromatic N) is 2. The van der Waals surface area contributed by atoms with Crippen LogP contribution in [0.4, 0.5) is 0 Å². The molecule has 6 nitrogen and oxygen atoms in total. The molecule has 0 radical (unpaired) electrons. The fourth-order valence-electron chi connectivity index (χ4n) is 2.77. The minimum Gasteiger partial charge on any atom is -0.493 e. The maximum absolute atomic E-state index is 10.6. The van der Waals surface area contributed by atoms with Crippen LogP contribution in [0.1, 0.15) is 24.2 Å². The molecule has 2 aromatic carbocycles. The second-order valence-corrected chi connectivity index (χ2v) is 6.68. The first-order valence-corrected chi connectivity index (χ1v) is 9.50. The Morgan fingerprint density at radius 1 is 1.18 bits per heavy atom. The van der Waals surface area contributed by atoms with E-state index in [0.717, 1.165) is 17.1 Å². The van der Waals surface area contributed by atoms with Crippen LogP contribution in [0.2, 0.25) is 5.02 Å². The van der Waals surface area contributed by atoms with Crippen LogP contribution in [0, 0.1) is 0 Å². The van der Waals surface area contributed by atoms with Crippen LogP contribution in [0.5, 0.6) is 11.5 Å². The van der Waals surface area contributed by atoms with Crippen molar-refractivity contribution in [1.29, 1.82) is 0 Å². The number of hydrogen-bond acceptors (Lipinski definition) is 4. The summed E-state index contributed by atoms with van der Waals surface area (Å²) in [5.74, 6) is 1.89. The number of aliphatic hydroxyl groups is 1. The van der Waals surface area contributed by atoms with E-state index in [2.05, 4.69) is 10.3 Å². The third-order valence-corrected chi connectivity index (χ3v) is 4.64. The molecule has 0 saturated carbocycles. The standard InChI is InChI=1S/C21H28ClN3O3/c1-5-23-21(25(2)14-16-8-6-7-9-17(16)22)24-13-18(26)15-10-11-19(27-3)20(12-15)28-4/h6-12,18,26H,5,13-14H2,1-4H3,(H,23,24). The van der Waals surface area contributed by atoms with Gasteiger partial charge in [0.25, 0.3) is 0 Å². The predicted molar refractivity (Wildman–Crippen MR) is 113 cm³/mol. The molecule has 0 heterocycles. The molecule has 0 fully saturated rings. The predicted octanol–water partition coefficient (Wildman–Crippen LogP) is 3.49. The zero-order valence-corrected chi connectivity index (χ0v) is 17.5. The minimum atomic E-state index is -0.762. The van der Waals surface area contributed by atoms with Gasteiger partial charge in [-0.3, -0.25) is 4.99 Å². The highest BCUT2D eigenvalue weighted by molar-refractivity contribution is 6.31. The van der Waals surface area contributed by atoms with E-state index >= 15 is 0 Å². The summed E-state index contributed by atoms with van der Waals surface area (Å²) < 4.78 is 10.5. The number of ether oxygens (including phenoxy) is 2. The van der Waals surface area contributed by atoms with Gasteiger partial charge >= 0.3 is 0 Å². The summed E-state index contributed by atoms with van der Waals surface area (Å²) in [7, 11) is 5.09. The van der Waals surface area contributed by atoms with Crippen LogP contribution in [0.3, 0.4) is 0 Å². The summed E-state index contributed by atoms with van der Waals surface area (Å²) in [6, 6.07) is 13.1. The molecule has 2 aromatic rings. The van der Waals surface area contributed by atoms with Crippen molar-refractivity contribution in [2.24, 2.45) is 4.99 Å². The van der Waals surface area contributed by atoms with Crippen LogP contribution in [0.15, 0.2) is 47.5 Å². The zero-order valence-electron chi connectivity index (χ0n) is 16.8. The fraction of sp³-hybridized carbons (Fsp3) is 0.381. The van der Waals surface area contributed by atoms with E-state index in [4.69, 9.17) is 21.1 Å². The number of aliphatic hydroxyl groups excluding tert-OH is 1. The molecule has 0 aromatic heterocycles. The van der Waals surface area contributed by atoms with Crippen molar-refractivity contribution in [3.63, 3.8) is 0 Å². The van der Waals surface area contributed by atoms with Crippen molar-refractivity contribution in [1.82, 2.24) is 10.2 Å². The monoisotopic (exact) mass is 405 g/mol. The van der Waals surface area contributed by atoms with Gasteiger partial charge in [-0.1, -0.05) is 35.9 Å². The number of benzene rings is 2. The Bertz CT molecular complexity index is 798. The Balaban J connectivity index is 2.11. The lowest BCUT2D eigenvalue weighted by Crippen LogP contribution is -2.38. The van der Waals surface area contributed by atoms with Crippen molar-refractivity contribution in [2.45, 2.75) is 19.6 Å². The molecular formula is C21H28ClN3O3. The van der Waals surface area contributed by atoms with Gasteiger partial charge in [0, 0.05) is 25.2 Å². The number of halogens is 1. The average Bonchev–Trinajstić information content (AvgIpc) is 2.71. The van der Waals surface area contributed by atoms with Crippen molar-refractivity contribution >= 4 is 17.6 Å². The Hall–Kier alpha value is -2.44. The molecule has 0 spiro atoms. The average molecular weight is 406 g/mol. The maximum atomic E-state index is 10.6. The highest BCUT2D eigenvalue weighted by Crippen LogP contribution is 2.30. The first-order valence-electron chi connectivity index (χ1n) is 9.13. The van der Waals surface area contributed by atoms with Gasteiger partial charge in [-0.25, -0.2) is 0 Å². The van der Waals surface area contributed by atoms with Gasteiger partial charge in [-0.15, -0.1) is 0 Å². The third-order valence-electron chi connectivity index (χ3n) is 4.27. The van der Waals surface area contributed by atoms with E-state index in [9.17, 15) is 5.11 Å². The molecule has 1 unspecified atom stereocenters. The molecule has 152 valence electrons. The van der Waals surface area contributed by atoms with Gasteiger partial charge in [0.05, 0.1) is 26.9 Å². The third kappa shape index (κ3) is 5.78. The topological polar surface area (TPSA) is 66.3 Å². The number of methoxy groups -OCH3 is 2.